The van der Waals surface area contributed by atoms with Crippen LogP contribution in [0.5, 0.6) is 0 Å². The van der Waals surface area contributed by atoms with Crippen LogP contribution in [0, 0.1) is 5.41 Å². The summed E-state index contributed by atoms with van der Waals surface area (Å²) in [5.74, 6) is 0.460. The van der Waals surface area contributed by atoms with Gasteiger partial charge in [0.2, 0.25) is 0 Å². The fourth-order valence-electron chi connectivity index (χ4n) is 2.68. The number of aliphatic hydroxyl groups is 1. The smallest absolute Gasteiger partial charge is 0.130 e. The second-order valence-electron chi connectivity index (χ2n) is 4.68. The van der Waals surface area contributed by atoms with Crippen molar-refractivity contribution in [2.24, 2.45) is 5.41 Å². The summed E-state index contributed by atoms with van der Waals surface area (Å²) in [7, 11) is 0. The minimum atomic E-state index is 0.0237. The number of carbonyl (C=O) groups is 1. The fourth-order valence-corrected chi connectivity index (χ4v) is 2.68. The zero-order valence-electron chi connectivity index (χ0n) is 9.01. The van der Waals surface area contributed by atoms with Gasteiger partial charge in [-0.15, -0.1) is 0 Å². The third-order valence-corrected chi connectivity index (χ3v) is 3.12. The van der Waals surface area contributed by atoms with Crippen LogP contribution in [0.25, 0.3) is 0 Å². The van der Waals surface area contributed by atoms with Crippen LogP contribution < -0.4 is 0 Å². The molecule has 2 heteroatoms. The second kappa shape index (κ2) is 4.63. The monoisotopic (exact) mass is 196 g/mol. The molecule has 80 valence electrons. The first-order valence-corrected chi connectivity index (χ1v) is 5.40. The lowest BCUT2D eigenvalue weighted by molar-refractivity contribution is -0.119. The molecule has 0 saturated heterocycles. The average molecular weight is 196 g/mol. The number of aliphatic hydroxyl groups excluding tert-OH is 1. The van der Waals surface area contributed by atoms with Crippen molar-refractivity contribution in [1.29, 1.82) is 0 Å². The van der Waals surface area contributed by atoms with Crippen molar-refractivity contribution in [3.63, 3.8) is 0 Å². The van der Waals surface area contributed by atoms with Crippen molar-refractivity contribution in [3.8, 4) is 0 Å². The Morgan fingerprint density at radius 2 is 1.86 bits per heavy atom. The van der Waals surface area contributed by atoms with E-state index in [1.54, 1.807) is 6.92 Å². The lowest BCUT2D eigenvalue weighted by atomic mass is 9.68. The van der Waals surface area contributed by atoms with Crippen molar-refractivity contribution < 1.29 is 9.90 Å². The van der Waals surface area contributed by atoms with Crippen molar-refractivity contribution in [2.75, 3.05) is 0 Å². The molecule has 0 unspecified atom stereocenters. The van der Waals surface area contributed by atoms with Crippen LogP contribution in [-0.4, -0.2) is 10.9 Å². The van der Waals surface area contributed by atoms with Gasteiger partial charge in [-0.25, -0.2) is 0 Å². The van der Waals surface area contributed by atoms with E-state index in [0.29, 0.717) is 12.8 Å². The van der Waals surface area contributed by atoms with Crippen molar-refractivity contribution in [1.82, 2.24) is 0 Å². The van der Waals surface area contributed by atoms with Crippen molar-refractivity contribution in [3.05, 3.63) is 12.3 Å². The van der Waals surface area contributed by atoms with Gasteiger partial charge in [-0.3, -0.25) is 0 Å². The molecule has 0 aliphatic heterocycles. The summed E-state index contributed by atoms with van der Waals surface area (Å²) in [5, 5.41) is 9.28. The molecule has 1 aliphatic carbocycles. The molecule has 0 aromatic heterocycles. The van der Waals surface area contributed by atoms with Gasteiger partial charge in [0.25, 0.3) is 0 Å². The van der Waals surface area contributed by atoms with E-state index in [-0.39, 0.29) is 17.0 Å². The molecule has 0 spiro atoms. The molecule has 1 fully saturated rings. The molecule has 1 rings (SSSR count). The predicted molar refractivity (Wildman–Crippen MR) is 57.2 cm³/mol. The molecule has 0 heterocycles. The fraction of sp³-hybridized carbons (Fsp3) is 0.750. The predicted octanol–water partition coefficient (Wildman–Crippen LogP) is 3.38. The van der Waals surface area contributed by atoms with E-state index in [9.17, 15) is 9.90 Å². The first-order valence-electron chi connectivity index (χ1n) is 5.40. The number of ketones is 1. The summed E-state index contributed by atoms with van der Waals surface area (Å²) in [6.45, 7) is 5.18. The number of Topliss-reactive ketones (excluding diaryl/α,β-unsaturated/α-hetero) is 1. The van der Waals surface area contributed by atoms with Gasteiger partial charge in [-0.05, 0) is 25.2 Å². The Morgan fingerprint density at radius 1 is 1.29 bits per heavy atom. The summed E-state index contributed by atoms with van der Waals surface area (Å²) in [4.78, 5) is 11.2. The minimum Gasteiger partial charge on any atom is -0.513 e. The summed E-state index contributed by atoms with van der Waals surface area (Å²) < 4.78 is 0. The molecule has 0 radical (unpaired) electrons. The van der Waals surface area contributed by atoms with Gasteiger partial charge in [0.15, 0.2) is 0 Å². The summed E-state index contributed by atoms with van der Waals surface area (Å²) >= 11 is 0. The maximum atomic E-state index is 11.2. The van der Waals surface area contributed by atoms with Gasteiger partial charge in [-0.2, -0.15) is 0 Å². The zero-order valence-corrected chi connectivity index (χ0v) is 9.01. The average Bonchev–Trinajstić information content (AvgIpc) is 2.01. The van der Waals surface area contributed by atoms with E-state index < -0.39 is 0 Å². The first kappa shape index (κ1) is 11.3. The van der Waals surface area contributed by atoms with Gasteiger partial charge in [0.1, 0.15) is 5.78 Å². The molecule has 14 heavy (non-hydrogen) atoms. The standard InChI is InChI=1S/C12H20O2/c1-10(13)8-12(9-11(2)14)6-4-3-5-7-12/h13H,1,3-9H2,2H3. The lowest BCUT2D eigenvalue weighted by Gasteiger charge is -2.36. The minimum absolute atomic E-state index is 0.0237. The SMILES string of the molecule is C=C(O)CC1(CC(C)=O)CCCCC1. The topological polar surface area (TPSA) is 37.3 Å². The van der Waals surface area contributed by atoms with Crippen LogP contribution in [0.2, 0.25) is 0 Å². The highest BCUT2D eigenvalue weighted by Gasteiger charge is 2.33. The van der Waals surface area contributed by atoms with Crippen LogP contribution in [-0.2, 0) is 4.79 Å². The van der Waals surface area contributed by atoms with Crippen LogP contribution in [0.4, 0.5) is 0 Å². The number of rotatable bonds is 4. The Morgan fingerprint density at radius 3 is 2.29 bits per heavy atom. The Hall–Kier alpha value is -0.790. The highest BCUT2D eigenvalue weighted by atomic mass is 16.3. The van der Waals surface area contributed by atoms with E-state index in [1.807, 2.05) is 0 Å². The molecule has 1 N–H and O–H groups in total. The highest BCUT2D eigenvalue weighted by Crippen LogP contribution is 2.43. The third kappa shape index (κ3) is 3.17. The summed E-state index contributed by atoms with van der Waals surface area (Å²) in [6, 6.07) is 0. The van der Waals surface area contributed by atoms with Gasteiger partial charge >= 0.3 is 0 Å². The second-order valence-corrected chi connectivity index (χ2v) is 4.68. The first-order chi connectivity index (χ1) is 6.54. The molecule has 1 saturated carbocycles. The Kier molecular flexibility index (Phi) is 3.73. The van der Waals surface area contributed by atoms with E-state index in [0.717, 1.165) is 12.8 Å². The van der Waals surface area contributed by atoms with Gasteiger partial charge in [0, 0.05) is 12.8 Å². The molecular formula is C12H20O2. The molecule has 0 bridgehead atoms. The van der Waals surface area contributed by atoms with Gasteiger partial charge in [-0.1, -0.05) is 25.8 Å². The van der Waals surface area contributed by atoms with Gasteiger partial charge in [0.05, 0.1) is 5.76 Å². The highest BCUT2D eigenvalue weighted by molar-refractivity contribution is 5.76. The van der Waals surface area contributed by atoms with Crippen LogP contribution in [0.1, 0.15) is 51.9 Å². The number of hydrogen-bond acceptors (Lipinski definition) is 2. The third-order valence-electron chi connectivity index (χ3n) is 3.12. The van der Waals surface area contributed by atoms with E-state index in [4.69, 9.17) is 0 Å². The van der Waals surface area contributed by atoms with Crippen LogP contribution in [0.3, 0.4) is 0 Å². The Balaban J connectivity index is 2.66. The normalized spacial score (nSPS) is 20.4. The number of allylic oxidation sites excluding steroid dienone is 1. The Labute approximate surface area is 86.0 Å². The van der Waals surface area contributed by atoms with E-state index in [1.165, 1.54) is 19.3 Å². The number of carbonyl (C=O) groups excluding carboxylic acids is 1. The Bertz CT molecular complexity index is 206. The maximum absolute atomic E-state index is 11.2. The zero-order chi connectivity index (χ0) is 10.6. The van der Waals surface area contributed by atoms with Crippen LogP contribution in [0.15, 0.2) is 12.3 Å². The molecule has 0 amide bonds. The molecule has 0 atom stereocenters. The molecule has 0 aromatic carbocycles. The quantitative estimate of drug-likeness (QED) is 0.700. The van der Waals surface area contributed by atoms with E-state index in [2.05, 4.69) is 6.58 Å². The van der Waals surface area contributed by atoms with Crippen molar-refractivity contribution >= 4 is 5.78 Å². The van der Waals surface area contributed by atoms with Crippen LogP contribution >= 0.6 is 0 Å². The molecule has 1 aliphatic rings. The van der Waals surface area contributed by atoms with E-state index >= 15 is 0 Å². The maximum Gasteiger partial charge on any atom is 0.130 e. The summed E-state index contributed by atoms with van der Waals surface area (Å²) in [5.41, 5.74) is 0.0237. The lowest BCUT2D eigenvalue weighted by Crippen LogP contribution is -2.27. The van der Waals surface area contributed by atoms with Crippen molar-refractivity contribution in [2.45, 2.75) is 51.9 Å². The van der Waals surface area contributed by atoms with Gasteiger partial charge < -0.3 is 9.90 Å². The molecule has 2 nitrogen and oxygen atoms in total. The molecule has 0 aromatic rings. The summed E-state index contributed by atoms with van der Waals surface area (Å²) in [6.07, 6.45) is 6.95. The molecular weight excluding hydrogens is 176 g/mol. The largest absolute Gasteiger partial charge is 0.513 e. The number of hydrogen-bond donors (Lipinski definition) is 1.